The van der Waals surface area contributed by atoms with Gasteiger partial charge in [-0.25, -0.2) is 13.1 Å². The van der Waals surface area contributed by atoms with Crippen LogP contribution in [0.1, 0.15) is 11.3 Å². The van der Waals surface area contributed by atoms with Crippen LogP contribution in [0, 0.1) is 13.8 Å². The van der Waals surface area contributed by atoms with E-state index in [1.165, 1.54) is 4.68 Å². The van der Waals surface area contributed by atoms with E-state index in [1.54, 1.807) is 55.5 Å². The Bertz CT molecular complexity index is 946. The van der Waals surface area contributed by atoms with Gasteiger partial charge in [0.25, 0.3) is 0 Å². The van der Waals surface area contributed by atoms with E-state index in [-0.39, 0.29) is 9.92 Å². The maximum atomic E-state index is 12.7. The van der Waals surface area contributed by atoms with Gasteiger partial charge in [0, 0.05) is 5.02 Å². The summed E-state index contributed by atoms with van der Waals surface area (Å²) in [6.07, 6.45) is 0. The van der Waals surface area contributed by atoms with Gasteiger partial charge in [-0.2, -0.15) is 0 Å². The van der Waals surface area contributed by atoms with Crippen LogP contribution in [0.15, 0.2) is 58.5 Å². The fraction of sp³-hybridized carbons (Fsp3) is 0.125. The highest BCUT2D eigenvalue weighted by molar-refractivity contribution is 7.91. The third-order valence-corrected chi connectivity index (χ3v) is 5.54. The second kappa shape index (κ2) is 5.79. The Morgan fingerprint density at radius 1 is 0.957 bits per heavy atom. The van der Waals surface area contributed by atoms with Crippen molar-refractivity contribution in [1.82, 2.24) is 15.0 Å². The Morgan fingerprint density at radius 3 is 2.17 bits per heavy atom. The highest BCUT2D eigenvalue weighted by atomic mass is 35.5. The van der Waals surface area contributed by atoms with Crippen LogP contribution in [0.3, 0.4) is 0 Å². The standard InChI is InChI=1S/C16H14ClN3O2S/c1-11-3-9-15(10-4-11)23(21,22)16-12(2)20(19-18-16)14-7-5-13(17)6-8-14/h3-10H,1-2H3. The molecule has 0 bridgehead atoms. The molecule has 1 heterocycles. The van der Waals surface area contributed by atoms with Crippen molar-refractivity contribution in [3.63, 3.8) is 0 Å². The SMILES string of the molecule is Cc1ccc(S(=O)(=O)c2nnn(-c3ccc(Cl)cc3)c2C)cc1. The normalized spacial score (nSPS) is 11.6. The van der Waals surface area contributed by atoms with Gasteiger partial charge in [0.05, 0.1) is 16.3 Å². The van der Waals surface area contributed by atoms with Crippen molar-refractivity contribution in [2.24, 2.45) is 0 Å². The van der Waals surface area contributed by atoms with Gasteiger partial charge in [0.15, 0.2) is 0 Å². The van der Waals surface area contributed by atoms with Crippen molar-refractivity contribution in [2.45, 2.75) is 23.8 Å². The van der Waals surface area contributed by atoms with Gasteiger partial charge < -0.3 is 0 Å². The molecule has 118 valence electrons. The van der Waals surface area contributed by atoms with E-state index >= 15 is 0 Å². The van der Waals surface area contributed by atoms with Crippen molar-refractivity contribution in [2.75, 3.05) is 0 Å². The van der Waals surface area contributed by atoms with E-state index in [4.69, 9.17) is 11.6 Å². The quantitative estimate of drug-likeness (QED) is 0.728. The molecule has 0 unspecified atom stereocenters. The van der Waals surface area contributed by atoms with E-state index in [2.05, 4.69) is 10.3 Å². The lowest BCUT2D eigenvalue weighted by molar-refractivity contribution is 0.591. The van der Waals surface area contributed by atoms with Crippen LogP contribution in [-0.4, -0.2) is 23.4 Å². The second-order valence-corrected chi connectivity index (χ2v) is 7.49. The molecule has 7 heteroatoms. The van der Waals surface area contributed by atoms with Gasteiger partial charge in [-0.1, -0.05) is 34.5 Å². The Kier molecular flexibility index (Phi) is 3.95. The smallest absolute Gasteiger partial charge is 0.217 e. The number of halogens is 1. The molecule has 0 atom stereocenters. The van der Waals surface area contributed by atoms with Crippen LogP contribution in [0.5, 0.6) is 0 Å². The summed E-state index contributed by atoms with van der Waals surface area (Å²) in [7, 11) is -3.70. The molecule has 0 fully saturated rings. The molecule has 1 aromatic heterocycles. The predicted octanol–water partition coefficient (Wildman–Crippen LogP) is 3.37. The molecule has 3 rings (SSSR count). The first-order chi connectivity index (χ1) is 10.9. The minimum Gasteiger partial charge on any atom is -0.217 e. The Labute approximate surface area is 139 Å². The summed E-state index contributed by atoms with van der Waals surface area (Å²) < 4.78 is 26.9. The lowest BCUT2D eigenvalue weighted by Crippen LogP contribution is -2.05. The minimum absolute atomic E-state index is 0.0451. The van der Waals surface area contributed by atoms with Gasteiger partial charge >= 0.3 is 0 Å². The van der Waals surface area contributed by atoms with Gasteiger partial charge in [-0.15, -0.1) is 5.10 Å². The van der Waals surface area contributed by atoms with Gasteiger partial charge in [-0.3, -0.25) is 0 Å². The molecule has 0 amide bonds. The zero-order chi connectivity index (χ0) is 16.6. The second-order valence-electron chi connectivity index (χ2n) is 5.18. The van der Waals surface area contributed by atoms with E-state index in [1.807, 2.05) is 6.92 Å². The number of aromatic nitrogens is 3. The summed E-state index contributed by atoms with van der Waals surface area (Å²) in [6.45, 7) is 3.58. The molecular weight excluding hydrogens is 334 g/mol. The number of benzene rings is 2. The predicted molar refractivity (Wildman–Crippen MR) is 87.7 cm³/mol. The average Bonchev–Trinajstić information content (AvgIpc) is 2.91. The van der Waals surface area contributed by atoms with Gasteiger partial charge in [-0.05, 0) is 50.2 Å². The van der Waals surface area contributed by atoms with Crippen LogP contribution < -0.4 is 0 Å². The number of hydrogen-bond acceptors (Lipinski definition) is 4. The zero-order valence-electron chi connectivity index (χ0n) is 12.6. The summed E-state index contributed by atoms with van der Waals surface area (Å²) in [5.74, 6) is 0. The maximum Gasteiger partial charge on any atom is 0.227 e. The maximum absolute atomic E-state index is 12.7. The Hall–Kier alpha value is -2.18. The first-order valence-corrected chi connectivity index (χ1v) is 8.76. The number of aryl methyl sites for hydroxylation is 1. The Morgan fingerprint density at radius 2 is 1.57 bits per heavy atom. The summed E-state index contributed by atoms with van der Waals surface area (Å²) in [5, 5.41) is 8.40. The molecule has 0 aliphatic carbocycles. The first-order valence-electron chi connectivity index (χ1n) is 6.89. The molecule has 0 spiro atoms. The monoisotopic (exact) mass is 347 g/mol. The number of nitrogens with zero attached hydrogens (tertiary/aromatic N) is 3. The molecular formula is C16H14ClN3O2S. The number of hydrogen-bond donors (Lipinski definition) is 0. The molecule has 23 heavy (non-hydrogen) atoms. The van der Waals surface area contributed by atoms with Crippen molar-refractivity contribution >= 4 is 21.4 Å². The molecule has 0 aliphatic rings. The largest absolute Gasteiger partial charge is 0.227 e. The summed E-state index contributed by atoms with van der Waals surface area (Å²) in [5.41, 5.74) is 2.14. The molecule has 0 saturated heterocycles. The van der Waals surface area contributed by atoms with Crippen LogP contribution in [0.4, 0.5) is 0 Å². The molecule has 0 N–H and O–H groups in total. The molecule has 0 saturated carbocycles. The molecule has 0 radical (unpaired) electrons. The summed E-state index contributed by atoms with van der Waals surface area (Å²) >= 11 is 5.87. The highest BCUT2D eigenvalue weighted by Crippen LogP contribution is 2.24. The zero-order valence-corrected chi connectivity index (χ0v) is 14.1. The molecule has 5 nitrogen and oxygen atoms in total. The van der Waals surface area contributed by atoms with Crippen LogP contribution in [0.2, 0.25) is 5.02 Å². The number of sulfone groups is 1. The lowest BCUT2D eigenvalue weighted by atomic mass is 10.2. The third kappa shape index (κ3) is 2.87. The summed E-state index contributed by atoms with van der Waals surface area (Å²) in [6, 6.07) is 13.6. The lowest BCUT2D eigenvalue weighted by Gasteiger charge is -2.05. The number of rotatable bonds is 3. The average molecular weight is 348 g/mol. The highest BCUT2D eigenvalue weighted by Gasteiger charge is 2.25. The molecule has 0 aliphatic heterocycles. The van der Waals surface area contributed by atoms with E-state index < -0.39 is 9.84 Å². The van der Waals surface area contributed by atoms with Crippen molar-refractivity contribution in [3.8, 4) is 5.69 Å². The molecule has 3 aromatic rings. The summed E-state index contributed by atoms with van der Waals surface area (Å²) in [4.78, 5) is 0.203. The van der Waals surface area contributed by atoms with Crippen LogP contribution >= 0.6 is 11.6 Å². The Balaban J connectivity index is 2.08. The fourth-order valence-electron chi connectivity index (χ4n) is 2.22. The third-order valence-electron chi connectivity index (χ3n) is 3.51. The topological polar surface area (TPSA) is 64.8 Å². The van der Waals surface area contributed by atoms with Crippen molar-refractivity contribution in [1.29, 1.82) is 0 Å². The van der Waals surface area contributed by atoms with Gasteiger partial charge in [0.2, 0.25) is 14.9 Å². The van der Waals surface area contributed by atoms with Crippen LogP contribution in [0.25, 0.3) is 5.69 Å². The fourth-order valence-corrected chi connectivity index (χ4v) is 3.68. The first kappa shape index (κ1) is 15.7. The van der Waals surface area contributed by atoms with Crippen molar-refractivity contribution in [3.05, 3.63) is 64.8 Å². The minimum atomic E-state index is -3.70. The van der Waals surface area contributed by atoms with Crippen molar-refractivity contribution < 1.29 is 8.42 Å². The van der Waals surface area contributed by atoms with Gasteiger partial charge in [0.1, 0.15) is 0 Å². The van der Waals surface area contributed by atoms with E-state index in [9.17, 15) is 8.42 Å². The molecule has 2 aromatic carbocycles. The van der Waals surface area contributed by atoms with E-state index in [0.717, 1.165) is 5.56 Å². The van der Waals surface area contributed by atoms with E-state index in [0.29, 0.717) is 16.4 Å². The van der Waals surface area contributed by atoms with Crippen LogP contribution in [-0.2, 0) is 9.84 Å².